The van der Waals surface area contributed by atoms with E-state index in [1.807, 2.05) is 67.6 Å². The van der Waals surface area contributed by atoms with E-state index in [9.17, 15) is 9.59 Å². The molecule has 5 rings (SSSR count). The van der Waals surface area contributed by atoms with Gasteiger partial charge in [-0.15, -0.1) is 0 Å². The molecule has 1 aliphatic heterocycles. The molecular weight excluding hydrogens is 504 g/mol. The highest BCUT2D eigenvalue weighted by molar-refractivity contribution is 9.10. The molecule has 3 amide bonds. The van der Waals surface area contributed by atoms with Crippen LogP contribution in [0.4, 0.5) is 4.79 Å². The van der Waals surface area contributed by atoms with Gasteiger partial charge >= 0.3 is 6.03 Å². The van der Waals surface area contributed by atoms with E-state index in [4.69, 9.17) is 4.74 Å². The molecule has 1 saturated heterocycles. The van der Waals surface area contributed by atoms with Crippen molar-refractivity contribution in [1.82, 2.24) is 10.2 Å². The van der Waals surface area contributed by atoms with Crippen molar-refractivity contribution in [2.24, 2.45) is 0 Å². The largest absolute Gasteiger partial charge is 0.488 e. The maximum absolute atomic E-state index is 13.0. The fraction of sp³-hybridized carbons (Fsp3) is 0.103. The molecule has 0 radical (unpaired) electrons. The summed E-state index contributed by atoms with van der Waals surface area (Å²) >= 11 is 3.49. The molecule has 1 N–H and O–H groups in total. The summed E-state index contributed by atoms with van der Waals surface area (Å²) in [5.74, 6) is 0.255. The summed E-state index contributed by atoms with van der Waals surface area (Å²) in [4.78, 5) is 26.8. The van der Waals surface area contributed by atoms with Crippen LogP contribution in [0, 0.1) is 6.92 Å². The van der Waals surface area contributed by atoms with Crippen LogP contribution in [-0.2, 0) is 17.9 Å². The van der Waals surface area contributed by atoms with Crippen LogP contribution in [0.3, 0.4) is 0 Å². The molecule has 5 nitrogen and oxygen atoms in total. The zero-order valence-electron chi connectivity index (χ0n) is 19.1. The fourth-order valence-electron chi connectivity index (χ4n) is 4.12. The van der Waals surface area contributed by atoms with E-state index >= 15 is 0 Å². The maximum Gasteiger partial charge on any atom is 0.329 e. The normalized spacial score (nSPS) is 14.6. The van der Waals surface area contributed by atoms with Gasteiger partial charge in [-0.1, -0.05) is 82.2 Å². The average Bonchev–Trinajstić information content (AvgIpc) is 3.11. The summed E-state index contributed by atoms with van der Waals surface area (Å²) in [6.45, 7) is 2.57. The van der Waals surface area contributed by atoms with Crippen molar-refractivity contribution in [2.75, 3.05) is 0 Å². The van der Waals surface area contributed by atoms with Crippen molar-refractivity contribution < 1.29 is 14.3 Å². The molecule has 0 unspecified atom stereocenters. The van der Waals surface area contributed by atoms with Crippen LogP contribution in [0.2, 0.25) is 0 Å². The number of halogens is 1. The van der Waals surface area contributed by atoms with Crippen LogP contribution in [0.5, 0.6) is 5.75 Å². The highest BCUT2D eigenvalue weighted by atomic mass is 79.9. The minimum Gasteiger partial charge on any atom is -0.488 e. The Hall–Kier alpha value is -3.90. The maximum atomic E-state index is 13.0. The smallest absolute Gasteiger partial charge is 0.329 e. The van der Waals surface area contributed by atoms with E-state index in [1.165, 1.54) is 10.3 Å². The Morgan fingerprint density at radius 1 is 0.886 bits per heavy atom. The molecule has 4 aromatic carbocycles. The van der Waals surface area contributed by atoms with Crippen molar-refractivity contribution in [3.8, 4) is 5.75 Å². The van der Waals surface area contributed by atoms with Crippen LogP contribution in [0.15, 0.2) is 95.1 Å². The zero-order valence-corrected chi connectivity index (χ0v) is 20.7. The monoisotopic (exact) mass is 526 g/mol. The summed E-state index contributed by atoms with van der Waals surface area (Å²) in [5, 5.41) is 5.03. The second-order valence-corrected chi connectivity index (χ2v) is 9.44. The Morgan fingerprint density at radius 3 is 2.54 bits per heavy atom. The lowest BCUT2D eigenvalue weighted by Gasteiger charge is -2.12. The van der Waals surface area contributed by atoms with Crippen molar-refractivity contribution in [3.63, 3.8) is 0 Å². The predicted molar refractivity (Wildman–Crippen MR) is 141 cm³/mol. The minimum absolute atomic E-state index is 0.216. The van der Waals surface area contributed by atoms with Crippen LogP contribution >= 0.6 is 15.9 Å². The first-order valence-corrected chi connectivity index (χ1v) is 12.1. The van der Waals surface area contributed by atoms with Gasteiger partial charge in [0.15, 0.2) is 0 Å². The van der Waals surface area contributed by atoms with Crippen molar-refractivity contribution >= 4 is 44.7 Å². The summed E-state index contributed by atoms with van der Waals surface area (Å²) in [7, 11) is 0. The highest BCUT2D eigenvalue weighted by Gasteiger charge is 2.33. The van der Waals surface area contributed by atoms with E-state index < -0.39 is 6.03 Å². The number of carbonyl (C=O) groups excluding carboxylic acids is 2. The fourth-order valence-corrected chi connectivity index (χ4v) is 4.50. The Labute approximate surface area is 212 Å². The molecular formula is C29H23BrN2O3. The van der Waals surface area contributed by atoms with E-state index in [0.717, 1.165) is 26.5 Å². The average molecular weight is 527 g/mol. The SMILES string of the molecule is Cc1cccc(CN2C(=O)N/C(=C/c3cc(Br)ccc3OCc3ccc4ccccc4c3)C2=O)c1. The van der Waals surface area contributed by atoms with Crippen LogP contribution in [-0.4, -0.2) is 16.8 Å². The number of aryl methyl sites for hydroxylation is 1. The van der Waals surface area contributed by atoms with Crippen LogP contribution in [0.1, 0.15) is 22.3 Å². The first-order chi connectivity index (χ1) is 17.0. The Balaban J connectivity index is 1.36. The Kier molecular flexibility index (Phi) is 6.38. The van der Waals surface area contributed by atoms with E-state index in [1.54, 1.807) is 6.08 Å². The number of rotatable bonds is 6. The van der Waals surface area contributed by atoms with Gasteiger partial charge in [0.25, 0.3) is 5.91 Å². The number of fused-ring (bicyclic) bond motifs is 1. The van der Waals surface area contributed by atoms with Gasteiger partial charge in [0, 0.05) is 10.0 Å². The lowest BCUT2D eigenvalue weighted by Crippen LogP contribution is -2.30. The lowest BCUT2D eigenvalue weighted by molar-refractivity contribution is -0.123. The lowest BCUT2D eigenvalue weighted by atomic mass is 10.1. The Bertz CT molecular complexity index is 1480. The molecule has 4 aromatic rings. The number of hydrogen-bond donors (Lipinski definition) is 1. The van der Waals surface area contributed by atoms with Gasteiger partial charge < -0.3 is 10.1 Å². The quantitative estimate of drug-likeness (QED) is 0.228. The number of amides is 3. The third-order valence-electron chi connectivity index (χ3n) is 5.87. The van der Waals surface area contributed by atoms with E-state index in [2.05, 4.69) is 45.5 Å². The molecule has 0 bridgehead atoms. The van der Waals surface area contributed by atoms with Gasteiger partial charge in [0.1, 0.15) is 18.1 Å². The van der Waals surface area contributed by atoms with Crippen molar-refractivity contribution in [3.05, 3.63) is 117 Å². The van der Waals surface area contributed by atoms with E-state index in [0.29, 0.717) is 17.9 Å². The van der Waals surface area contributed by atoms with Gasteiger partial charge in [0.05, 0.1) is 6.54 Å². The third kappa shape index (κ3) is 5.12. The summed E-state index contributed by atoms with van der Waals surface area (Å²) < 4.78 is 6.98. The number of imide groups is 1. The molecule has 0 aliphatic carbocycles. The van der Waals surface area contributed by atoms with Gasteiger partial charge in [-0.25, -0.2) is 4.79 Å². The number of nitrogens with zero attached hydrogens (tertiary/aromatic N) is 1. The van der Waals surface area contributed by atoms with Crippen LogP contribution < -0.4 is 10.1 Å². The molecule has 1 heterocycles. The van der Waals surface area contributed by atoms with Gasteiger partial charge in [0.2, 0.25) is 0 Å². The van der Waals surface area contributed by atoms with Gasteiger partial charge in [-0.2, -0.15) is 0 Å². The molecule has 174 valence electrons. The molecule has 0 atom stereocenters. The second kappa shape index (κ2) is 9.76. The minimum atomic E-state index is -0.434. The molecule has 6 heteroatoms. The summed E-state index contributed by atoms with van der Waals surface area (Å²) in [5.41, 5.74) is 3.93. The topological polar surface area (TPSA) is 58.6 Å². The zero-order chi connectivity index (χ0) is 24.4. The number of nitrogens with one attached hydrogen (secondary N) is 1. The first-order valence-electron chi connectivity index (χ1n) is 11.3. The van der Waals surface area contributed by atoms with Gasteiger partial charge in [-0.05, 0) is 59.2 Å². The van der Waals surface area contributed by atoms with E-state index in [-0.39, 0.29) is 18.1 Å². The second-order valence-electron chi connectivity index (χ2n) is 8.52. The third-order valence-corrected chi connectivity index (χ3v) is 6.36. The van der Waals surface area contributed by atoms with Crippen LogP contribution in [0.25, 0.3) is 16.8 Å². The molecule has 0 spiro atoms. The molecule has 0 saturated carbocycles. The number of ether oxygens (including phenoxy) is 1. The Morgan fingerprint density at radius 2 is 1.71 bits per heavy atom. The standard InChI is InChI=1S/C29H23BrN2O3/c1-19-5-4-6-20(13-19)17-32-28(33)26(31-29(32)34)16-24-15-25(30)11-12-27(24)35-18-21-9-10-22-7-2-3-8-23(22)14-21/h2-16H,17-18H2,1H3,(H,31,34)/b26-16+. The summed E-state index contributed by atoms with van der Waals surface area (Å²) in [6, 6.07) is 27.4. The molecule has 35 heavy (non-hydrogen) atoms. The number of hydrogen-bond acceptors (Lipinski definition) is 3. The van der Waals surface area contributed by atoms with Crippen molar-refractivity contribution in [1.29, 1.82) is 0 Å². The predicted octanol–water partition coefficient (Wildman–Crippen LogP) is 6.58. The summed E-state index contributed by atoms with van der Waals surface area (Å²) in [6.07, 6.45) is 1.66. The van der Waals surface area contributed by atoms with Crippen molar-refractivity contribution in [2.45, 2.75) is 20.1 Å². The molecule has 1 aliphatic rings. The molecule has 0 aromatic heterocycles. The highest BCUT2D eigenvalue weighted by Crippen LogP contribution is 2.28. The molecule has 1 fully saturated rings. The van der Waals surface area contributed by atoms with Gasteiger partial charge in [-0.3, -0.25) is 9.69 Å². The number of benzene rings is 4. The first kappa shape index (κ1) is 22.9. The number of carbonyl (C=O) groups is 2. The number of urea groups is 1.